The van der Waals surface area contributed by atoms with Crippen molar-refractivity contribution in [1.29, 1.82) is 0 Å². The Morgan fingerprint density at radius 1 is 1.41 bits per heavy atom. The van der Waals surface area contributed by atoms with Crippen molar-refractivity contribution in [3.8, 4) is 0 Å². The maximum absolute atomic E-state index is 12.3. The lowest BCUT2D eigenvalue weighted by atomic mass is 10.4. The number of halogens is 3. The van der Waals surface area contributed by atoms with Gasteiger partial charge in [0.25, 0.3) is 0 Å². The molecule has 1 unspecified atom stereocenters. The van der Waals surface area contributed by atoms with Gasteiger partial charge in [0.1, 0.15) is 4.90 Å². The minimum atomic E-state index is -3.62. The summed E-state index contributed by atoms with van der Waals surface area (Å²) in [4.78, 5) is 0.0296. The molecule has 0 N–H and O–H groups in total. The highest BCUT2D eigenvalue weighted by molar-refractivity contribution is 9.09. The first kappa shape index (κ1) is 15.2. The average Bonchev–Trinajstić information content (AvgIpc) is 2.30. The number of hydrogen-bond donors (Lipinski definition) is 0. The molecule has 0 amide bonds. The van der Waals surface area contributed by atoms with Crippen molar-refractivity contribution < 1.29 is 8.42 Å². The molecular formula is C10H12BrCl2NO2S. The second kappa shape index (κ2) is 5.89. The van der Waals surface area contributed by atoms with Crippen LogP contribution in [0.25, 0.3) is 0 Å². The molecule has 0 saturated carbocycles. The van der Waals surface area contributed by atoms with Crippen LogP contribution >= 0.6 is 39.1 Å². The summed E-state index contributed by atoms with van der Waals surface area (Å²) in [6.45, 7) is 1.80. The van der Waals surface area contributed by atoms with Gasteiger partial charge >= 0.3 is 0 Å². The number of hydrogen-bond acceptors (Lipinski definition) is 2. The van der Waals surface area contributed by atoms with E-state index in [1.807, 2.05) is 0 Å². The van der Waals surface area contributed by atoms with Gasteiger partial charge < -0.3 is 0 Å². The predicted molar refractivity (Wildman–Crippen MR) is 74.7 cm³/mol. The fraction of sp³-hybridized carbons (Fsp3) is 0.400. The molecule has 1 aromatic carbocycles. The van der Waals surface area contributed by atoms with Crippen LogP contribution in [0, 0.1) is 0 Å². The summed E-state index contributed by atoms with van der Waals surface area (Å²) >= 11 is 14.9. The van der Waals surface area contributed by atoms with Gasteiger partial charge in [-0.05, 0) is 25.1 Å². The molecule has 7 heteroatoms. The van der Waals surface area contributed by atoms with Crippen molar-refractivity contribution in [2.75, 3.05) is 12.4 Å². The largest absolute Gasteiger partial charge is 0.244 e. The number of sulfonamides is 1. The molecule has 0 radical (unpaired) electrons. The van der Waals surface area contributed by atoms with Crippen LogP contribution in [0.1, 0.15) is 6.92 Å². The fourth-order valence-electron chi connectivity index (χ4n) is 1.16. The molecule has 1 atom stereocenters. The van der Waals surface area contributed by atoms with E-state index in [-0.39, 0.29) is 16.0 Å². The van der Waals surface area contributed by atoms with E-state index in [9.17, 15) is 8.42 Å². The third-order valence-electron chi connectivity index (χ3n) is 2.39. The van der Waals surface area contributed by atoms with E-state index < -0.39 is 10.0 Å². The summed E-state index contributed by atoms with van der Waals surface area (Å²) < 4.78 is 25.8. The van der Waals surface area contributed by atoms with Gasteiger partial charge in [0, 0.05) is 23.4 Å². The number of benzene rings is 1. The van der Waals surface area contributed by atoms with Crippen molar-refractivity contribution in [3.63, 3.8) is 0 Å². The zero-order valence-corrected chi connectivity index (χ0v) is 13.2. The molecule has 0 aromatic heterocycles. The Balaban J connectivity index is 3.26. The fourth-order valence-corrected chi connectivity index (χ4v) is 3.89. The molecular weight excluding hydrogens is 349 g/mol. The maximum atomic E-state index is 12.3. The highest BCUT2D eigenvalue weighted by atomic mass is 79.9. The quantitative estimate of drug-likeness (QED) is 0.771. The molecule has 0 heterocycles. The van der Waals surface area contributed by atoms with Crippen LogP contribution in [0.15, 0.2) is 23.1 Å². The van der Waals surface area contributed by atoms with E-state index in [1.54, 1.807) is 13.0 Å². The van der Waals surface area contributed by atoms with Gasteiger partial charge in [-0.25, -0.2) is 8.42 Å². The second-order valence-corrected chi connectivity index (χ2v) is 7.06. The van der Waals surface area contributed by atoms with Crippen molar-refractivity contribution in [2.24, 2.45) is 0 Å². The predicted octanol–water partition coefficient (Wildman–Crippen LogP) is 3.40. The van der Waals surface area contributed by atoms with Gasteiger partial charge in [-0.2, -0.15) is 4.31 Å². The Bertz CT molecular complexity index is 507. The Kier molecular flexibility index (Phi) is 5.28. The molecule has 0 saturated heterocycles. The molecule has 0 aliphatic heterocycles. The SMILES string of the molecule is CC(CBr)N(C)S(=O)(=O)c1cc(Cl)ccc1Cl. The number of rotatable bonds is 4. The third kappa shape index (κ3) is 3.35. The summed E-state index contributed by atoms with van der Waals surface area (Å²) in [5.74, 6) is 0. The van der Waals surface area contributed by atoms with Crippen LogP contribution < -0.4 is 0 Å². The topological polar surface area (TPSA) is 37.4 Å². The van der Waals surface area contributed by atoms with E-state index >= 15 is 0 Å². The van der Waals surface area contributed by atoms with Gasteiger partial charge in [-0.15, -0.1) is 0 Å². The molecule has 0 spiro atoms. The molecule has 3 nitrogen and oxygen atoms in total. The molecule has 0 aliphatic rings. The van der Waals surface area contributed by atoms with E-state index in [0.29, 0.717) is 10.4 Å². The normalized spacial score (nSPS) is 14.0. The summed E-state index contributed by atoms with van der Waals surface area (Å²) in [7, 11) is -2.10. The molecule has 1 rings (SSSR count). The first-order valence-electron chi connectivity index (χ1n) is 4.79. The van der Waals surface area contributed by atoms with E-state index in [1.165, 1.54) is 23.5 Å². The van der Waals surface area contributed by atoms with E-state index in [0.717, 1.165) is 0 Å². The number of alkyl halides is 1. The lowest BCUT2D eigenvalue weighted by Gasteiger charge is -2.23. The lowest BCUT2D eigenvalue weighted by molar-refractivity contribution is 0.416. The van der Waals surface area contributed by atoms with Crippen LogP contribution in [-0.2, 0) is 10.0 Å². The Labute approximate surface area is 120 Å². The van der Waals surface area contributed by atoms with Crippen molar-refractivity contribution in [2.45, 2.75) is 17.9 Å². The highest BCUT2D eigenvalue weighted by Gasteiger charge is 2.27. The number of nitrogens with zero attached hydrogens (tertiary/aromatic N) is 1. The molecule has 0 aliphatic carbocycles. The first-order valence-corrected chi connectivity index (χ1v) is 8.11. The molecule has 0 bridgehead atoms. The second-order valence-electron chi connectivity index (χ2n) is 3.60. The minimum Gasteiger partial charge on any atom is -0.207 e. The zero-order valence-electron chi connectivity index (χ0n) is 9.32. The summed E-state index contributed by atoms with van der Waals surface area (Å²) in [6.07, 6.45) is 0. The van der Waals surface area contributed by atoms with Gasteiger partial charge in [-0.1, -0.05) is 39.1 Å². The molecule has 96 valence electrons. The summed E-state index contributed by atoms with van der Waals surface area (Å²) in [5.41, 5.74) is 0. The lowest BCUT2D eigenvalue weighted by Crippen LogP contribution is -2.36. The smallest absolute Gasteiger partial charge is 0.207 e. The Morgan fingerprint density at radius 3 is 2.53 bits per heavy atom. The monoisotopic (exact) mass is 359 g/mol. The Hall–Kier alpha value is 0.190. The summed E-state index contributed by atoms with van der Waals surface area (Å²) in [5, 5.41) is 1.05. The van der Waals surface area contributed by atoms with Crippen molar-refractivity contribution >= 4 is 49.2 Å². The van der Waals surface area contributed by atoms with E-state index in [4.69, 9.17) is 23.2 Å². The van der Waals surface area contributed by atoms with Crippen LogP contribution in [0.2, 0.25) is 10.0 Å². The van der Waals surface area contributed by atoms with Gasteiger partial charge in [0.2, 0.25) is 10.0 Å². The third-order valence-corrected chi connectivity index (χ3v) is 6.02. The van der Waals surface area contributed by atoms with Crippen LogP contribution in [0.4, 0.5) is 0 Å². The van der Waals surface area contributed by atoms with Crippen molar-refractivity contribution in [1.82, 2.24) is 4.31 Å². The van der Waals surface area contributed by atoms with Crippen LogP contribution in [-0.4, -0.2) is 31.1 Å². The molecule has 1 aromatic rings. The maximum Gasteiger partial charge on any atom is 0.244 e. The first-order chi connectivity index (χ1) is 7.80. The molecule has 17 heavy (non-hydrogen) atoms. The van der Waals surface area contributed by atoms with Crippen molar-refractivity contribution in [3.05, 3.63) is 28.2 Å². The summed E-state index contributed by atoms with van der Waals surface area (Å²) in [6, 6.07) is 4.21. The standard InChI is InChI=1S/C10H12BrCl2NO2S/c1-7(6-11)14(2)17(15,16)10-5-8(12)3-4-9(10)13/h3-5,7H,6H2,1-2H3. The zero-order chi connectivity index (χ0) is 13.2. The molecule has 0 fully saturated rings. The average molecular weight is 361 g/mol. The van der Waals surface area contributed by atoms with Gasteiger partial charge in [-0.3, -0.25) is 0 Å². The van der Waals surface area contributed by atoms with Gasteiger partial charge in [0.05, 0.1) is 5.02 Å². The van der Waals surface area contributed by atoms with Crippen LogP contribution in [0.3, 0.4) is 0 Å². The highest BCUT2D eigenvalue weighted by Crippen LogP contribution is 2.28. The van der Waals surface area contributed by atoms with Gasteiger partial charge in [0.15, 0.2) is 0 Å². The van der Waals surface area contributed by atoms with E-state index in [2.05, 4.69) is 15.9 Å². The minimum absolute atomic E-state index is 0.0296. The van der Waals surface area contributed by atoms with Crippen LogP contribution in [0.5, 0.6) is 0 Å². The Morgan fingerprint density at radius 2 is 2.00 bits per heavy atom.